The highest BCUT2D eigenvalue weighted by Gasteiger charge is 2.13. The molecule has 0 unspecified atom stereocenters. The van der Waals surface area contributed by atoms with Crippen LogP contribution in [0.25, 0.3) is 0 Å². The molecule has 0 atom stereocenters. The van der Waals surface area contributed by atoms with Crippen molar-refractivity contribution in [3.05, 3.63) is 64.1 Å². The minimum absolute atomic E-state index is 0.0519. The SMILES string of the molecule is O=C(c1ccc(Br)cc1)c1ccc(N2CCOCC2)cc1. The van der Waals surface area contributed by atoms with Gasteiger partial charge in [-0.05, 0) is 48.5 Å². The third-order valence-electron chi connectivity index (χ3n) is 3.61. The quantitative estimate of drug-likeness (QED) is 0.797. The van der Waals surface area contributed by atoms with Gasteiger partial charge in [0, 0.05) is 34.4 Å². The third-order valence-corrected chi connectivity index (χ3v) is 4.14. The maximum atomic E-state index is 12.4. The number of rotatable bonds is 3. The van der Waals surface area contributed by atoms with E-state index in [-0.39, 0.29) is 5.78 Å². The molecule has 3 nitrogen and oxygen atoms in total. The largest absolute Gasteiger partial charge is 0.378 e. The van der Waals surface area contributed by atoms with Crippen LogP contribution in [0.1, 0.15) is 15.9 Å². The molecule has 0 radical (unpaired) electrons. The van der Waals surface area contributed by atoms with Gasteiger partial charge < -0.3 is 9.64 Å². The van der Waals surface area contributed by atoms with Crippen LogP contribution in [0.4, 0.5) is 5.69 Å². The number of anilines is 1. The number of halogens is 1. The van der Waals surface area contributed by atoms with Crippen molar-refractivity contribution in [1.82, 2.24) is 0 Å². The Kier molecular flexibility index (Phi) is 4.36. The summed E-state index contributed by atoms with van der Waals surface area (Å²) in [6.07, 6.45) is 0. The van der Waals surface area contributed by atoms with Crippen molar-refractivity contribution < 1.29 is 9.53 Å². The normalized spacial score (nSPS) is 15.0. The molecule has 0 aromatic heterocycles. The highest BCUT2D eigenvalue weighted by Crippen LogP contribution is 2.19. The smallest absolute Gasteiger partial charge is 0.193 e. The average Bonchev–Trinajstić information content (AvgIpc) is 2.56. The highest BCUT2D eigenvalue weighted by molar-refractivity contribution is 9.10. The monoisotopic (exact) mass is 345 g/mol. The van der Waals surface area contributed by atoms with E-state index in [1.54, 1.807) is 0 Å². The summed E-state index contributed by atoms with van der Waals surface area (Å²) in [5.74, 6) is 0.0519. The van der Waals surface area contributed by atoms with E-state index in [1.807, 2.05) is 48.5 Å². The molecule has 0 N–H and O–H groups in total. The van der Waals surface area contributed by atoms with Crippen molar-refractivity contribution in [3.63, 3.8) is 0 Å². The van der Waals surface area contributed by atoms with Crippen molar-refractivity contribution in [2.75, 3.05) is 31.2 Å². The predicted molar refractivity (Wildman–Crippen MR) is 87.0 cm³/mol. The van der Waals surface area contributed by atoms with Crippen LogP contribution in [0, 0.1) is 0 Å². The fraction of sp³-hybridized carbons (Fsp3) is 0.235. The Morgan fingerprint density at radius 3 is 2.00 bits per heavy atom. The molecule has 0 bridgehead atoms. The highest BCUT2D eigenvalue weighted by atomic mass is 79.9. The van der Waals surface area contributed by atoms with E-state index in [0.717, 1.165) is 36.5 Å². The Morgan fingerprint density at radius 2 is 1.43 bits per heavy atom. The molecule has 1 aliphatic heterocycles. The van der Waals surface area contributed by atoms with E-state index in [9.17, 15) is 4.79 Å². The van der Waals surface area contributed by atoms with Crippen LogP contribution in [-0.2, 0) is 4.74 Å². The minimum Gasteiger partial charge on any atom is -0.378 e. The molecule has 0 aliphatic carbocycles. The summed E-state index contributed by atoms with van der Waals surface area (Å²) in [6.45, 7) is 3.33. The lowest BCUT2D eigenvalue weighted by Gasteiger charge is -2.28. The van der Waals surface area contributed by atoms with Gasteiger partial charge in [0.15, 0.2) is 5.78 Å². The molecule has 2 aromatic rings. The molecule has 0 spiro atoms. The van der Waals surface area contributed by atoms with Gasteiger partial charge in [0.05, 0.1) is 13.2 Å². The van der Waals surface area contributed by atoms with Crippen molar-refractivity contribution in [2.24, 2.45) is 0 Å². The summed E-state index contributed by atoms with van der Waals surface area (Å²) in [5.41, 5.74) is 2.57. The number of carbonyl (C=O) groups is 1. The summed E-state index contributed by atoms with van der Waals surface area (Å²) in [5, 5.41) is 0. The first kappa shape index (κ1) is 14.3. The fourth-order valence-electron chi connectivity index (χ4n) is 2.41. The Bertz CT molecular complexity index is 616. The minimum atomic E-state index is 0.0519. The molecular formula is C17H16BrNO2. The first-order valence-electron chi connectivity index (χ1n) is 6.97. The number of ketones is 1. The lowest BCUT2D eigenvalue weighted by molar-refractivity contribution is 0.103. The Labute approximate surface area is 132 Å². The molecule has 0 saturated carbocycles. The van der Waals surface area contributed by atoms with E-state index in [2.05, 4.69) is 20.8 Å². The topological polar surface area (TPSA) is 29.5 Å². The van der Waals surface area contributed by atoms with Crippen LogP contribution in [-0.4, -0.2) is 32.1 Å². The van der Waals surface area contributed by atoms with Gasteiger partial charge in [-0.15, -0.1) is 0 Å². The number of nitrogens with zero attached hydrogens (tertiary/aromatic N) is 1. The predicted octanol–water partition coefficient (Wildman–Crippen LogP) is 3.52. The number of carbonyl (C=O) groups excluding carboxylic acids is 1. The van der Waals surface area contributed by atoms with E-state index in [4.69, 9.17) is 4.74 Å². The van der Waals surface area contributed by atoms with Crippen molar-refractivity contribution in [2.45, 2.75) is 0 Å². The van der Waals surface area contributed by atoms with Crippen LogP contribution in [0.5, 0.6) is 0 Å². The maximum Gasteiger partial charge on any atom is 0.193 e. The van der Waals surface area contributed by atoms with Crippen molar-refractivity contribution >= 4 is 27.4 Å². The van der Waals surface area contributed by atoms with Gasteiger partial charge >= 0.3 is 0 Å². The van der Waals surface area contributed by atoms with Gasteiger partial charge in [-0.2, -0.15) is 0 Å². The van der Waals surface area contributed by atoms with Crippen LogP contribution in [0.2, 0.25) is 0 Å². The second-order valence-corrected chi connectivity index (χ2v) is 5.90. The van der Waals surface area contributed by atoms with Crippen molar-refractivity contribution in [1.29, 1.82) is 0 Å². The summed E-state index contributed by atoms with van der Waals surface area (Å²) in [7, 11) is 0. The van der Waals surface area contributed by atoms with Crippen molar-refractivity contribution in [3.8, 4) is 0 Å². The van der Waals surface area contributed by atoms with Gasteiger partial charge in [0.1, 0.15) is 0 Å². The third kappa shape index (κ3) is 3.34. The molecule has 21 heavy (non-hydrogen) atoms. The molecule has 2 aromatic carbocycles. The fourth-order valence-corrected chi connectivity index (χ4v) is 2.68. The van der Waals surface area contributed by atoms with Crippen LogP contribution in [0.3, 0.4) is 0 Å². The van der Waals surface area contributed by atoms with Gasteiger partial charge in [-0.3, -0.25) is 4.79 Å². The Balaban J connectivity index is 1.77. The summed E-state index contributed by atoms with van der Waals surface area (Å²) < 4.78 is 6.32. The molecule has 0 amide bonds. The first-order chi connectivity index (χ1) is 10.2. The van der Waals surface area contributed by atoms with Gasteiger partial charge in [-0.1, -0.05) is 15.9 Å². The second-order valence-electron chi connectivity index (χ2n) is 4.98. The Morgan fingerprint density at radius 1 is 0.905 bits per heavy atom. The molecule has 3 rings (SSSR count). The molecule has 1 saturated heterocycles. The molecule has 4 heteroatoms. The van der Waals surface area contributed by atoms with Gasteiger partial charge in [0.25, 0.3) is 0 Å². The number of ether oxygens (including phenoxy) is 1. The Hall–Kier alpha value is -1.65. The van der Waals surface area contributed by atoms with E-state index < -0.39 is 0 Å². The number of benzene rings is 2. The number of hydrogen-bond acceptors (Lipinski definition) is 3. The van der Waals surface area contributed by atoms with Gasteiger partial charge in [0.2, 0.25) is 0 Å². The lowest BCUT2D eigenvalue weighted by atomic mass is 10.0. The molecule has 108 valence electrons. The van der Waals surface area contributed by atoms with Crippen LogP contribution >= 0.6 is 15.9 Å². The molecule has 1 aliphatic rings. The van der Waals surface area contributed by atoms with Crippen LogP contribution in [0.15, 0.2) is 53.0 Å². The lowest BCUT2D eigenvalue weighted by Crippen LogP contribution is -2.36. The van der Waals surface area contributed by atoms with E-state index in [0.29, 0.717) is 11.1 Å². The second kappa shape index (κ2) is 6.41. The molecule has 1 fully saturated rings. The molecular weight excluding hydrogens is 330 g/mol. The number of hydrogen-bond donors (Lipinski definition) is 0. The zero-order chi connectivity index (χ0) is 14.7. The summed E-state index contributed by atoms with van der Waals surface area (Å²) in [4.78, 5) is 14.7. The number of morpholine rings is 1. The standard InChI is InChI=1S/C17H16BrNO2/c18-15-5-1-13(2-6-15)17(20)14-3-7-16(8-4-14)19-9-11-21-12-10-19/h1-8H,9-12H2. The van der Waals surface area contributed by atoms with Gasteiger partial charge in [-0.25, -0.2) is 0 Å². The van der Waals surface area contributed by atoms with E-state index >= 15 is 0 Å². The average molecular weight is 346 g/mol. The van der Waals surface area contributed by atoms with Crippen LogP contribution < -0.4 is 4.90 Å². The van der Waals surface area contributed by atoms with E-state index in [1.165, 1.54) is 0 Å². The first-order valence-corrected chi connectivity index (χ1v) is 7.76. The zero-order valence-corrected chi connectivity index (χ0v) is 13.2. The summed E-state index contributed by atoms with van der Waals surface area (Å²) in [6, 6.07) is 15.3. The zero-order valence-electron chi connectivity index (χ0n) is 11.6. The summed E-state index contributed by atoms with van der Waals surface area (Å²) >= 11 is 3.38. The maximum absolute atomic E-state index is 12.4. The molecule has 1 heterocycles.